The highest BCUT2D eigenvalue weighted by Crippen LogP contribution is 2.28. The Balaban J connectivity index is 2.38. The van der Waals surface area contributed by atoms with Crippen LogP contribution in [0.5, 0.6) is 0 Å². The van der Waals surface area contributed by atoms with Crippen LogP contribution in [0.25, 0.3) is 0 Å². The molecule has 180 valence electrons. The highest BCUT2D eigenvalue weighted by Gasteiger charge is 2.30. The van der Waals surface area contributed by atoms with Crippen molar-refractivity contribution in [1.82, 2.24) is 10.2 Å². The molecule has 0 fully saturated rings. The molecule has 0 heterocycles. The van der Waals surface area contributed by atoms with Gasteiger partial charge in [-0.2, -0.15) is 0 Å². The Hall–Kier alpha value is -2.00. The summed E-state index contributed by atoms with van der Waals surface area (Å²) in [7, 11) is -3.85. The molecule has 0 spiro atoms. The van der Waals surface area contributed by atoms with Gasteiger partial charge in [-0.15, -0.1) is 0 Å². The van der Waals surface area contributed by atoms with Crippen LogP contribution in [0.2, 0.25) is 15.1 Å². The van der Waals surface area contributed by atoms with Crippen LogP contribution in [0.15, 0.2) is 42.5 Å². The first-order valence-electron chi connectivity index (χ1n) is 10.2. The number of nitrogens with zero attached hydrogens (tertiary/aromatic N) is 2. The van der Waals surface area contributed by atoms with E-state index in [-0.39, 0.29) is 28.2 Å². The van der Waals surface area contributed by atoms with Crippen molar-refractivity contribution >= 4 is 62.3 Å². The van der Waals surface area contributed by atoms with E-state index in [1.807, 2.05) is 6.92 Å². The first-order chi connectivity index (χ1) is 15.4. The molecular formula is C22H26Cl3N3O4S. The molecule has 1 N–H and O–H groups in total. The Morgan fingerprint density at radius 1 is 1.03 bits per heavy atom. The standard InChI is InChI=1S/C22H26Cl3N3O4S/c1-4-11-26-22(30)15(2)27(13-16-5-7-17(23)8-6-16)21(29)14-28(33(3,31)32)18-9-10-19(24)20(25)12-18/h5-10,12,15H,4,11,13-14H2,1-3H3,(H,26,30). The number of hydrogen-bond donors (Lipinski definition) is 1. The van der Waals surface area contributed by atoms with Gasteiger partial charge in [0.15, 0.2) is 0 Å². The number of carbonyl (C=O) groups excluding carboxylic acids is 2. The topological polar surface area (TPSA) is 86.8 Å². The van der Waals surface area contributed by atoms with Crippen LogP contribution < -0.4 is 9.62 Å². The molecule has 0 aliphatic rings. The highest BCUT2D eigenvalue weighted by atomic mass is 35.5. The lowest BCUT2D eigenvalue weighted by molar-refractivity contribution is -0.139. The van der Waals surface area contributed by atoms with Crippen molar-refractivity contribution in [2.24, 2.45) is 0 Å². The van der Waals surface area contributed by atoms with Crippen LogP contribution >= 0.6 is 34.8 Å². The van der Waals surface area contributed by atoms with Crippen LogP contribution in [-0.2, 0) is 26.2 Å². The Bertz CT molecular complexity index is 1090. The van der Waals surface area contributed by atoms with E-state index in [1.54, 1.807) is 31.2 Å². The second-order valence-corrected chi connectivity index (χ2v) is 10.6. The van der Waals surface area contributed by atoms with Crippen LogP contribution in [0.4, 0.5) is 5.69 Å². The number of nitrogens with one attached hydrogen (secondary N) is 1. The Morgan fingerprint density at radius 2 is 1.67 bits per heavy atom. The van der Waals surface area contributed by atoms with Gasteiger partial charge in [0.25, 0.3) is 0 Å². The molecule has 7 nitrogen and oxygen atoms in total. The second-order valence-electron chi connectivity index (χ2n) is 7.48. The minimum Gasteiger partial charge on any atom is -0.354 e. The predicted octanol–water partition coefficient (Wildman–Crippen LogP) is 4.36. The van der Waals surface area contributed by atoms with E-state index in [4.69, 9.17) is 34.8 Å². The van der Waals surface area contributed by atoms with E-state index in [1.165, 1.54) is 23.1 Å². The fourth-order valence-corrected chi connectivity index (χ4v) is 4.28. The number of hydrogen-bond acceptors (Lipinski definition) is 4. The summed E-state index contributed by atoms with van der Waals surface area (Å²) < 4.78 is 26.0. The van der Waals surface area contributed by atoms with Crippen molar-refractivity contribution in [3.05, 3.63) is 63.1 Å². The van der Waals surface area contributed by atoms with Crippen LogP contribution in [0, 0.1) is 0 Å². The van der Waals surface area contributed by atoms with E-state index < -0.39 is 28.5 Å². The van der Waals surface area contributed by atoms with Crippen molar-refractivity contribution < 1.29 is 18.0 Å². The molecule has 2 aromatic rings. The molecule has 0 bridgehead atoms. The summed E-state index contributed by atoms with van der Waals surface area (Å²) in [5, 5.41) is 3.72. The lowest BCUT2D eigenvalue weighted by atomic mass is 10.1. The van der Waals surface area contributed by atoms with Crippen molar-refractivity contribution in [1.29, 1.82) is 0 Å². The SMILES string of the molecule is CCCNC(=O)C(C)N(Cc1ccc(Cl)cc1)C(=O)CN(c1ccc(Cl)c(Cl)c1)S(C)(=O)=O. The van der Waals surface area contributed by atoms with Crippen molar-refractivity contribution in [3.8, 4) is 0 Å². The third kappa shape index (κ3) is 7.78. The minimum absolute atomic E-state index is 0.0929. The average Bonchev–Trinajstić information content (AvgIpc) is 2.76. The third-order valence-corrected chi connectivity index (χ3v) is 6.98. The van der Waals surface area contributed by atoms with E-state index in [0.29, 0.717) is 11.6 Å². The van der Waals surface area contributed by atoms with E-state index in [2.05, 4.69) is 5.32 Å². The van der Waals surface area contributed by atoms with Crippen molar-refractivity contribution in [2.75, 3.05) is 23.7 Å². The van der Waals surface area contributed by atoms with Gasteiger partial charge >= 0.3 is 0 Å². The number of sulfonamides is 1. The monoisotopic (exact) mass is 533 g/mol. The van der Waals surface area contributed by atoms with Crippen molar-refractivity contribution in [3.63, 3.8) is 0 Å². The first-order valence-corrected chi connectivity index (χ1v) is 13.2. The van der Waals surface area contributed by atoms with Crippen LogP contribution in [0.1, 0.15) is 25.8 Å². The maximum absolute atomic E-state index is 13.4. The maximum atomic E-state index is 13.4. The maximum Gasteiger partial charge on any atom is 0.244 e. The molecular weight excluding hydrogens is 509 g/mol. The zero-order chi connectivity index (χ0) is 24.8. The molecule has 2 rings (SSSR count). The van der Waals surface area contributed by atoms with Gasteiger partial charge in [-0.25, -0.2) is 8.42 Å². The number of anilines is 1. The summed E-state index contributed by atoms with van der Waals surface area (Å²) in [6.07, 6.45) is 1.73. The van der Waals surface area contributed by atoms with E-state index in [9.17, 15) is 18.0 Å². The Kier molecular flexibility index (Phi) is 9.84. The summed E-state index contributed by atoms with van der Waals surface area (Å²) in [5.41, 5.74) is 0.929. The molecule has 0 saturated heterocycles. The fraction of sp³-hybridized carbons (Fsp3) is 0.364. The fourth-order valence-electron chi connectivity index (χ4n) is 3.02. The molecule has 1 atom stereocenters. The molecule has 0 aliphatic heterocycles. The third-order valence-electron chi connectivity index (χ3n) is 4.85. The Labute approximate surface area is 209 Å². The van der Waals surface area contributed by atoms with E-state index in [0.717, 1.165) is 22.5 Å². The number of rotatable bonds is 10. The molecule has 0 aromatic heterocycles. The van der Waals surface area contributed by atoms with Gasteiger partial charge in [0, 0.05) is 18.1 Å². The van der Waals surface area contributed by atoms with Gasteiger partial charge in [-0.1, -0.05) is 53.9 Å². The number of amides is 2. The first kappa shape index (κ1) is 27.2. The van der Waals surface area contributed by atoms with Gasteiger partial charge in [-0.3, -0.25) is 13.9 Å². The molecule has 1 unspecified atom stereocenters. The van der Waals surface area contributed by atoms with Gasteiger partial charge in [0.1, 0.15) is 12.6 Å². The molecule has 11 heteroatoms. The Morgan fingerprint density at radius 3 is 2.21 bits per heavy atom. The number of benzene rings is 2. The quantitative estimate of drug-likeness (QED) is 0.491. The second kappa shape index (κ2) is 11.9. The van der Waals surface area contributed by atoms with Gasteiger partial charge < -0.3 is 10.2 Å². The predicted molar refractivity (Wildman–Crippen MR) is 133 cm³/mol. The number of halogens is 3. The van der Waals surface area contributed by atoms with Gasteiger partial charge in [0.2, 0.25) is 21.8 Å². The largest absolute Gasteiger partial charge is 0.354 e. The average molecular weight is 535 g/mol. The van der Waals surface area contributed by atoms with E-state index >= 15 is 0 Å². The lowest BCUT2D eigenvalue weighted by Crippen LogP contribution is -2.51. The molecule has 0 saturated carbocycles. The summed E-state index contributed by atoms with van der Waals surface area (Å²) in [6.45, 7) is 3.56. The highest BCUT2D eigenvalue weighted by molar-refractivity contribution is 7.92. The molecule has 2 amide bonds. The normalized spacial score (nSPS) is 12.2. The molecule has 2 aromatic carbocycles. The van der Waals surface area contributed by atoms with Crippen LogP contribution in [-0.4, -0.2) is 50.5 Å². The zero-order valence-corrected chi connectivity index (χ0v) is 21.6. The minimum atomic E-state index is -3.85. The smallest absolute Gasteiger partial charge is 0.244 e. The lowest BCUT2D eigenvalue weighted by Gasteiger charge is -2.31. The van der Waals surface area contributed by atoms with Gasteiger partial charge in [0.05, 0.1) is 22.0 Å². The molecule has 0 radical (unpaired) electrons. The molecule has 0 aliphatic carbocycles. The van der Waals surface area contributed by atoms with Crippen molar-refractivity contribution in [2.45, 2.75) is 32.9 Å². The number of carbonyl (C=O) groups is 2. The van der Waals surface area contributed by atoms with Gasteiger partial charge in [-0.05, 0) is 49.2 Å². The summed E-state index contributed by atoms with van der Waals surface area (Å²) in [6, 6.07) is 10.3. The molecule has 33 heavy (non-hydrogen) atoms. The van der Waals surface area contributed by atoms with Crippen LogP contribution in [0.3, 0.4) is 0 Å². The zero-order valence-electron chi connectivity index (χ0n) is 18.5. The summed E-state index contributed by atoms with van der Waals surface area (Å²) in [4.78, 5) is 27.3. The summed E-state index contributed by atoms with van der Waals surface area (Å²) in [5.74, 6) is -0.889. The summed E-state index contributed by atoms with van der Waals surface area (Å²) >= 11 is 18.0.